The standard InChI is InChI=1S/C9H10Br2S/c1-6(5-10)3-8-4-9(11)12-7(8)2/h3-4H,5H2,1-2H3/b6-3+. The molecule has 0 aromatic carbocycles. The van der Waals surface area contributed by atoms with Crippen LogP contribution in [0.2, 0.25) is 0 Å². The Labute approximate surface area is 93.9 Å². The molecule has 0 unspecified atom stereocenters. The number of aryl methyl sites for hydroxylation is 1. The summed E-state index contributed by atoms with van der Waals surface area (Å²) < 4.78 is 1.20. The average Bonchev–Trinajstić information content (AvgIpc) is 2.30. The lowest BCUT2D eigenvalue weighted by Crippen LogP contribution is -1.76. The van der Waals surface area contributed by atoms with Crippen molar-refractivity contribution in [3.8, 4) is 0 Å². The van der Waals surface area contributed by atoms with Gasteiger partial charge in [-0.25, -0.2) is 0 Å². The summed E-state index contributed by atoms with van der Waals surface area (Å²) in [6, 6.07) is 2.16. The number of rotatable bonds is 2. The quantitative estimate of drug-likeness (QED) is 0.699. The van der Waals surface area contributed by atoms with Crippen LogP contribution in [0, 0.1) is 6.92 Å². The van der Waals surface area contributed by atoms with Crippen LogP contribution < -0.4 is 0 Å². The summed E-state index contributed by atoms with van der Waals surface area (Å²) in [5.74, 6) is 0. The summed E-state index contributed by atoms with van der Waals surface area (Å²) in [7, 11) is 0. The summed E-state index contributed by atoms with van der Waals surface area (Å²) >= 11 is 8.68. The van der Waals surface area contributed by atoms with E-state index in [-0.39, 0.29) is 0 Å². The minimum atomic E-state index is 0.944. The number of thiophene rings is 1. The molecule has 0 spiro atoms. The van der Waals surface area contributed by atoms with E-state index in [4.69, 9.17) is 0 Å². The van der Waals surface area contributed by atoms with Gasteiger partial charge in [-0.15, -0.1) is 11.3 Å². The first kappa shape index (κ1) is 10.5. The molecule has 0 aliphatic heterocycles. The number of hydrogen-bond donors (Lipinski definition) is 0. The van der Waals surface area contributed by atoms with Gasteiger partial charge in [0.1, 0.15) is 0 Å². The molecule has 0 aliphatic carbocycles. The van der Waals surface area contributed by atoms with E-state index in [0.29, 0.717) is 0 Å². The van der Waals surface area contributed by atoms with Crippen LogP contribution >= 0.6 is 43.2 Å². The van der Waals surface area contributed by atoms with E-state index < -0.39 is 0 Å². The molecule has 12 heavy (non-hydrogen) atoms. The minimum Gasteiger partial charge on any atom is -0.133 e. The molecule has 1 heterocycles. The van der Waals surface area contributed by atoms with Crippen LogP contribution in [0.5, 0.6) is 0 Å². The van der Waals surface area contributed by atoms with Crippen LogP contribution in [0.1, 0.15) is 17.4 Å². The number of alkyl halides is 1. The van der Waals surface area contributed by atoms with E-state index in [1.165, 1.54) is 19.8 Å². The number of allylic oxidation sites excluding steroid dienone is 1. The SMILES string of the molecule is C/C(=C\c1cc(Br)sc1C)CBr. The molecule has 0 aliphatic rings. The highest BCUT2D eigenvalue weighted by atomic mass is 79.9. The van der Waals surface area contributed by atoms with Crippen molar-refractivity contribution in [2.45, 2.75) is 13.8 Å². The van der Waals surface area contributed by atoms with Crippen LogP contribution in [0.15, 0.2) is 15.4 Å². The third kappa shape index (κ3) is 2.71. The zero-order valence-corrected chi connectivity index (χ0v) is 11.0. The molecule has 0 radical (unpaired) electrons. The van der Waals surface area contributed by atoms with Gasteiger partial charge in [0.05, 0.1) is 3.79 Å². The second-order valence-corrected chi connectivity index (χ2v) is 5.88. The van der Waals surface area contributed by atoms with Crippen molar-refractivity contribution in [1.82, 2.24) is 0 Å². The Morgan fingerprint density at radius 2 is 2.33 bits per heavy atom. The molecule has 1 aromatic rings. The van der Waals surface area contributed by atoms with Gasteiger partial charge in [0.2, 0.25) is 0 Å². The van der Waals surface area contributed by atoms with E-state index in [2.05, 4.69) is 57.8 Å². The van der Waals surface area contributed by atoms with Gasteiger partial charge in [0, 0.05) is 10.2 Å². The Hall–Kier alpha value is 0.400. The Balaban J connectivity index is 2.95. The van der Waals surface area contributed by atoms with Crippen molar-refractivity contribution in [1.29, 1.82) is 0 Å². The van der Waals surface area contributed by atoms with E-state index in [0.717, 1.165) is 5.33 Å². The lowest BCUT2D eigenvalue weighted by Gasteiger charge is -1.93. The normalized spacial score (nSPS) is 12.2. The van der Waals surface area contributed by atoms with Crippen molar-refractivity contribution in [3.05, 3.63) is 25.9 Å². The first-order chi connectivity index (χ1) is 5.63. The monoisotopic (exact) mass is 308 g/mol. The second kappa shape index (κ2) is 4.58. The van der Waals surface area contributed by atoms with Crippen molar-refractivity contribution in [3.63, 3.8) is 0 Å². The molecule has 0 N–H and O–H groups in total. The average molecular weight is 310 g/mol. The lowest BCUT2D eigenvalue weighted by atomic mass is 10.2. The van der Waals surface area contributed by atoms with E-state index in [9.17, 15) is 0 Å². The lowest BCUT2D eigenvalue weighted by molar-refractivity contribution is 1.44. The van der Waals surface area contributed by atoms with Crippen molar-refractivity contribution in [2.24, 2.45) is 0 Å². The summed E-state index contributed by atoms with van der Waals surface area (Å²) in [6.45, 7) is 4.27. The van der Waals surface area contributed by atoms with Crippen LogP contribution in [0.25, 0.3) is 6.08 Å². The molecule has 0 fully saturated rings. The van der Waals surface area contributed by atoms with Crippen LogP contribution in [-0.4, -0.2) is 5.33 Å². The van der Waals surface area contributed by atoms with Crippen LogP contribution in [-0.2, 0) is 0 Å². The first-order valence-corrected chi connectivity index (χ1v) is 6.35. The van der Waals surface area contributed by atoms with Crippen LogP contribution in [0.4, 0.5) is 0 Å². The van der Waals surface area contributed by atoms with Gasteiger partial charge in [-0.1, -0.05) is 27.6 Å². The highest BCUT2D eigenvalue weighted by Gasteiger charge is 2.00. The first-order valence-electron chi connectivity index (χ1n) is 3.62. The molecular weight excluding hydrogens is 300 g/mol. The van der Waals surface area contributed by atoms with E-state index in [1.807, 2.05) is 0 Å². The van der Waals surface area contributed by atoms with Crippen molar-refractivity contribution < 1.29 is 0 Å². The fourth-order valence-corrected chi connectivity index (χ4v) is 2.76. The summed E-state index contributed by atoms with van der Waals surface area (Å²) in [5, 5.41) is 0.944. The minimum absolute atomic E-state index is 0.944. The predicted octanol–water partition coefficient (Wildman–Crippen LogP) is 4.62. The van der Waals surface area contributed by atoms with Crippen molar-refractivity contribution in [2.75, 3.05) is 5.33 Å². The van der Waals surface area contributed by atoms with E-state index in [1.54, 1.807) is 11.3 Å². The van der Waals surface area contributed by atoms with E-state index >= 15 is 0 Å². The Bertz CT molecular complexity index is 299. The zero-order chi connectivity index (χ0) is 9.14. The second-order valence-electron chi connectivity index (χ2n) is 2.69. The van der Waals surface area contributed by atoms with Gasteiger partial charge in [-0.2, -0.15) is 0 Å². The fraction of sp³-hybridized carbons (Fsp3) is 0.333. The Morgan fingerprint density at radius 3 is 2.75 bits per heavy atom. The third-order valence-corrected chi connectivity index (χ3v) is 3.99. The largest absolute Gasteiger partial charge is 0.133 e. The topological polar surface area (TPSA) is 0 Å². The maximum atomic E-state index is 3.47. The highest BCUT2D eigenvalue weighted by Crippen LogP contribution is 2.27. The maximum absolute atomic E-state index is 3.47. The summed E-state index contributed by atoms with van der Waals surface area (Å²) in [5.41, 5.74) is 2.67. The molecule has 3 heteroatoms. The van der Waals surface area contributed by atoms with Gasteiger partial charge < -0.3 is 0 Å². The smallest absolute Gasteiger partial charge is 0.0707 e. The molecule has 0 saturated heterocycles. The number of halogens is 2. The zero-order valence-electron chi connectivity index (χ0n) is 7.03. The fourth-order valence-electron chi connectivity index (χ4n) is 0.906. The highest BCUT2D eigenvalue weighted by molar-refractivity contribution is 9.11. The van der Waals surface area contributed by atoms with Crippen molar-refractivity contribution >= 4 is 49.3 Å². The molecule has 66 valence electrons. The van der Waals surface area contributed by atoms with Gasteiger partial charge in [-0.3, -0.25) is 0 Å². The van der Waals surface area contributed by atoms with Gasteiger partial charge in [-0.05, 0) is 41.4 Å². The van der Waals surface area contributed by atoms with Gasteiger partial charge in [0.15, 0.2) is 0 Å². The van der Waals surface area contributed by atoms with Gasteiger partial charge >= 0.3 is 0 Å². The van der Waals surface area contributed by atoms with Gasteiger partial charge in [0.25, 0.3) is 0 Å². The Morgan fingerprint density at radius 1 is 1.67 bits per heavy atom. The Kier molecular flexibility index (Phi) is 4.00. The molecule has 0 atom stereocenters. The molecular formula is C9H10Br2S. The summed E-state index contributed by atoms with van der Waals surface area (Å²) in [6.07, 6.45) is 2.21. The molecule has 0 saturated carbocycles. The molecule has 0 nitrogen and oxygen atoms in total. The number of hydrogen-bond acceptors (Lipinski definition) is 1. The van der Waals surface area contributed by atoms with Crippen LogP contribution in [0.3, 0.4) is 0 Å². The summed E-state index contributed by atoms with van der Waals surface area (Å²) in [4.78, 5) is 1.36. The molecule has 1 rings (SSSR count). The molecule has 0 bridgehead atoms. The molecule has 1 aromatic heterocycles. The predicted molar refractivity (Wildman–Crippen MR) is 64.2 cm³/mol. The third-order valence-electron chi connectivity index (χ3n) is 1.54. The maximum Gasteiger partial charge on any atom is 0.0707 e. The molecule has 0 amide bonds.